The van der Waals surface area contributed by atoms with E-state index in [-0.39, 0.29) is 0 Å². The number of ether oxygens (including phenoxy) is 1. The average Bonchev–Trinajstić information content (AvgIpc) is 2.72. The Balaban J connectivity index is 1.59. The third kappa shape index (κ3) is 3.62. The zero-order chi connectivity index (χ0) is 11.2. The predicted octanol–water partition coefficient (Wildman–Crippen LogP) is 2.72. The molecule has 0 aliphatic heterocycles. The van der Waals surface area contributed by atoms with Gasteiger partial charge in [0, 0.05) is 12.6 Å². The van der Waals surface area contributed by atoms with Crippen molar-refractivity contribution in [3.8, 4) is 0 Å². The summed E-state index contributed by atoms with van der Waals surface area (Å²) >= 11 is 0. The van der Waals surface area contributed by atoms with Crippen molar-refractivity contribution < 1.29 is 4.74 Å². The van der Waals surface area contributed by atoms with E-state index in [0.29, 0.717) is 6.04 Å². The molecule has 2 nitrogen and oxygen atoms in total. The van der Waals surface area contributed by atoms with E-state index in [4.69, 9.17) is 10.5 Å². The second-order valence-electron chi connectivity index (χ2n) is 4.77. The molecule has 0 aromatic heterocycles. The van der Waals surface area contributed by atoms with Crippen LogP contribution in [0.5, 0.6) is 0 Å². The number of nitrogens with two attached hydrogens (primary N) is 1. The molecule has 0 radical (unpaired) electrons. The first-order valence-electron chi connectivity index (χ1n) is 6.22. The monoisotopic (exact) mass is 219 g/mol. The molecule has 2 atom stereocenters. The van der Waals surface area contributed by atoms with Gasteiger partial charge in [0.15, 0.2) is 0 Å². The molecule has 1 aromatic rings. The molecule has 0 saturated heterocycles. The van der Waals surface area contributed by atoms with Crippen LogP contribution in [0.25, 0.3) is 0 Å². The molecule has 2 N–H and O–H groups in total. The van der Waals surface area contributed by atoms with Gasteiger partial charge in [-0.2, -0.15) is 0 Å². The fourth-order valence-electron chi connectivity index (χ4n) is 2.39. The Kier molecular flexibility index (Phi) is 4.37. The molecule has 1 aromatic carbocycles. The number of rotatable bonds is 5. The lowest BCUT2D eigenvalue weighted by molar-refractivity contribution is 0.107. The molecule has 2 unspecified atom stereocenters. The normalized spacial score (nSPS) is 24.8. The van der Waals surface area contributed by atoms with Crippen molar-refractivity contribution in [2.24, 2.45) is 11.7 Å². The molecule has 16 heavy (non-hydrogen) atoms. The van der Waals surface area contributed by atoms with Crippen LogP contribution in [0.2, 0.25) is 0 Å². The maximum absolute atomic E-state index is 5.88. The maximum Gasteiger partial charge on any atom is 0.0716 e. The van der Waals surface area contributed by atoms with E-state index < -0.39 is 0 Å². The third-order valence-corrected chi connectivity index (χ3v) is 3.36. The molecule has 1 aliphatic rings. The first kappa shape index (κ1) is 11.6. The van der Waals surface area contributed by atoms with Crippen molar-refractivity contribution in [2.75, 3.05) is 6.61 Å². The minimum atomic E-state index is 0.444. The molecule has 0 spiro atoms. The fourth-order valence-corrected chi connectivity index (χ4v) is 2.39. The van der Waals surface area contributed by atoms with Crippen molar-refractivity contribution in [2.45, 2.75) is 38.3 Å². The number of hydrogen-bond donors (Lipinski definition) is 1. The van der Waals surface area contributed by atoms with Crippen molar-refractivity contribution in [3.63, 3.8) is 0 Å². The summed E-state index contributed by atoms with van der Waals surface area (Å²) in [4.78, 5) is 0. The van der Waals surface area contributed by atoms with Crippen LogP contribution < -0.4 is 5.73 Å². The summed E-state index contributed by atoms with van der Waals surface area (Å²) in [6.07, 6.45) is 4.84. The summed E-state index contributed by atoms with van der Waals surface area (Å²) in [5.74, 6) is 0.797. The first-order valence-corrected chi connectivity index (χ1v) is 6.22. The van der Waals surface area contributed by atoms with Gasteiger partial charge >= 0.3 is 0 Å². The lowest BCUT2D eigenvalue weighted by Gasteiger charge is -2.09. The fraction of sp³-hybridized carbons (Fsp3) is 0.571. The van der Waals surface area contributed by atoms with Gasteiger partial charge in [0.2, 0.25) is 0 Å². The highest BCUT2D eigenvalue weighted by molar-refractivity contribution is 5.13. The van der Waals surface area contributed by atoms with Crippen LogP contribution in [-0.4, -0.2) is 12.6 Å². The molecule has 0 bridgehead atoms. The smallest absolute Gasteiger partial charge is 0.0716 e. The first-order chi connectivity index (χ1) is 7.84. The molecule has 1 saturated carbocycles. The van der Waals surface area contributed by atoms with Gasteiger partial charge in [-0.25, -0.2) is 0 Å². The van der Waals surface area contributed by atoms with Crippen molar-refractivity contribution in [1.29, 1.82) is 0 Å². The summed E-state index contributed by atoms with van der Waals surface area (Å²) in [6.45, 7) is 1.60. The molecular formula is C14H21NO. The van der Waals surface area contributed by atoms with Gasteiger partial charge in [-0.1, -0.05) is 30.3 Å². The molecule has 0 amide bonds. The summed E-state index contributed by atoms with van der Waals surface area (Å²) in [5, 5.41) is 0. The molecule has 1 aliphatic carbocycles. The van der Waals surface area contributed by atoms with Crippen LogP contribution in [-0.2, 0) is 11.3 Å². The van der Waals surface area contributed by atoms with E-state index in [9.17, 15) is 0 Å². The van der Waals surface area contributed by atoms with E-state index in [0.717, 1.165) is 19.1 Å². The highest BCUT2D eigenvalue weighted by atomic mass is 16.5. The molecular weight excluding hydrogens is 198 g/mol. The van der Waals surface area contributed by atoms with Gasteiger partial charge in [-0.05, 0) is 37.2 Å². The van der Waals surface area contributed by atoms with Crippen LogP contribution in [0.15, 0.2) is 30.3 Å². The standard InChI is InChI=1S/C14H21NO/c15-14-7-6-12(10-14)8-9-16-11-13-4-2-1-3-5-13/h1-5,12,14H,6-11,15H2. The predicted molar refractivity (Wildman–Crippen MR) is 66.0 cm³/mol. The van der Waals surface area contributed by atoms with Gasteiger partial charge < -0.3 is 10.5 Å². The van der Waals surface area contributed by atoms with Gasteiger partial charge in [-0.15, -0.1) is 0 Å². The second kappa shape index (κ2) is 6.02. The van der Waals surface area contributed by atoms with Crippen LogP contribution in [0, 0.1) is 5.92 Å². The van der Waals surface area contributed by atoms with Crippen LogP contribution in [0.3, 0.4) is 0 Å². The van der Waals surface area contributed by atoms with Crippen LogP contribution in [0.1, 0.15) is 31.2 Å². The molecule has 1 fully saturated rings. The van der Waals surface area contributed by atoms with Crippen molar-refractivity contribution in [1.82, 2.24) is 0 Å². The van der Waals surface area contributed by atoms with Crippen LogP contribution >= 0.6 is 0 Å². The summed E-state index contributed by atoms with van der Waals surface area (Å²) in [5.41, 5.74) is 7.13. The molecule has 0 heterocycles. The highest BCUT2D eigenvalue weighted by Crippen LogP contribution is 2.26. The number of hydrogen-bond acceptors (Lipinski definition) is 2. The third-order valence-electron chi connectivity index (χ3n) is 3.36. The Labute approximate surface area is 97.8 Å². The Morgan fingerprint density at radius 2 is 2.00 bits per heavy atom. The quantitative estimate of drug-likeness (QED) is 0.773. The van der Waals surface area contributed by atoms with Gasteiger partial charge in [-0.3, -0.25) is 0 Å². The minimum absolute atomic E-state index is 0.444. The molecule has 2 rings (SSSR count). The Bertz CT molecular complexity index is 299. The average molecular weight is 219 g/mol. The zero-order valence-corrected chi connectivity index (χ0v) is 9.77. The van der Waals surface area contributed by atoms with E-state index in [1.165, 1.54) is 31.2 Å². The van der Waals surface area contributed by atoms with E-state index >= 15 is 0 Å². The Morgan fingerprint density at radius 1 is 1.19 bits per heavy atom. The lowest BCUT2D eigenvalue weighted by atomic mass is 10.0. The minimum Gasteiger partial charge on any atom is -0.377 e. The topological polar surface area (TPSA) is 35.2 Å². The van der Waals surface area contributed by atoms with Gasteiger partial charge in [0.25, 0.3) is 0 Å². The maximum atomic E-state index is 5.88. The molecule has 88 valence electrons. The second-order valence-corrected chi connectivity index (χ2v) is 4.77. The number of benzene rings is 1. The van der Waals surface area contributed by atoms with Crippen molar-refractivity contribution in [3.05, 3.63) is 35.9 Å². The Hall–Kier alpha value is -0.860. The summed E-state index contributed by atoms with van der Waals surface area (Å²) < 4.78 is 5.68. The molecule has 2 heteroatoms. The van der Waals surface area contributed by atoms with Gasteiger partial charge in [0.05, 0.1) is 6.61 Å². The summed E-state index contributed by atoms with van der Waals surface area (Å²) in [6, 6.07) is 10.8. The van der Waals surface area contributed by atoms with Gasteiger partial charge in [0.1, 0.15) is 0 Å². The lowest BCUT2D eigenvalue weighted by Crippen LogP contribution is -2.15. The highest BCUT2D eigenvalue weighted by Gasteiger charge is 2.20. The summed E-state index contributed by atoms with van der Waals surface area (Å²) in [7, 11) is 0. The SMILES string of the molecule is NC1CCC(CCOCc2ccccc2)C1. The van der Waals surface area contributed by atoms with E-state index in [2.05, 4.69) is 24.3 Å². The van der Waals surface area contributed by atoms with E-state index in [1.54, 1.807) is 0 Å². The Morgan fingerprint density at radius 3 is 2.69 bits per heavy atom. The zero-order valence-electron chi connectivity index (χ0n) is 9.77. The van der Waals surface area contributed by atoms with E-state index in [1.807, 2.05) is 6.07 Å². The largest absolute Gasteiger partial charge is 0.377 e. The van der Waals surface area contributed by atoms with Crippen molar-refractivity contribution >= 4 is 0 Å². The van der Waals surface area contributed by atoms with Crippen LogP contribution in [0.4, 0.5) is 0 Å².